The van der Waals surface area contributed by atoms with Crippen LogP contribution in [0.15, 0.2) is 18.3 Å². The first-order chi connectivity index (χ1) is 7.54. The molecule has 0 atom stereocenters. The van der Waals surface area contributed by atoms with Crippen LogP contribution in [-0.4, -0.2) is 17.9 Å². The lowest BCUT2D eigenvalue weighted by molar-refractivity contribution is -0.119. The number of hydrogen-bond donors (Lipinski definition) is 0. The summed E-state index contributed by atoms with van der Waals surface area (Å²) in [5.41, 5.74) is 0.494. The van der Waals surface area contributed by atoms with Crippen LogP contribution in [0.1, 0.15) is 25.8 Å². The summed E-state index contributed by atoms with van der Waals surface area (Å²) in [5.74, 6) is 0.935. The summed E-state index contributed by atoms with van der Waals surface area (Å²) in [6.45, 7) is 4.00. The molecule has 1 rings (SSSR count). The Kier molecular flexibility index (Phi) is 4.01. The predicted molar refractivity (Wildman–Crippen MR) is 61.8 cm³/mol. The van der Waals surface area contributed by atoms with Crippen LogP contribution in [0.4, 0.5) is 5.82 Å². The van der Waals surface area contributed by atoms with Crippen molar-refractivity contribution in [3.63, 3.8) is 0 Å². The summed E-state index contributed by atoms with van der Waals surface area (Å²) >= 11 is 0. The van der Waals surface area contributed by atoms with Gasteiger partial charge in [0.15, 0.2) is 0 Å². The fourth-order valence-electron chi connectivity index (χ4n) is 1.26. The Bertz CT molecular complexity index is 403. The molecule has 1 aromatic heterocycles. The average molecular weight is 217 g/mol. The molecule has 1 aromatic rings. The van der Waals surface area contributed by atoms with E-state index in [9.17, 15) is 4.79 Å². The summed E-state index contributed by atoms with van der Waals surface area (Å²) in [6, 6.07) is 5.32. The summed E-state index contributed by atoms with van der Waals surface area (Å²) in [7, 11) is 1.69. The minimum Gasteiger partial charge on any atom is -0.300 e. The van der Waals surface area contributed by atoms with Gasteiger partial charge in [-0.1, -0.05) is 13.8 Å². The van der Waals surface area contributed by atoms with E-state index in [1.54, 1.807) is 19.2 Å². The first kappa shape index (κ1) is 12.2. The van der Waals surface area contributed by atoms with E-state index in [0.29, 0.717) is 23.7 Å². The smallest absolute Gasteiger partial charge is 0.228 e. The first-order valence-corrected chi connectivity index (χ1v) is 5.17. The molecular weight excluding hydrogens is 202 g/mol. The third-order valence-electron chi connectivity index (χ3n) is 2.18. The van der Waals surface area contributed by atoms with Crippen molar-refractivity contribution in [3.05, 3.63) is 23.9 Å². The lowest BCUT2D eigenvalue weighted by Crippen LogP contribution is -2.27. The first-order valence-electron chi connectivity index (χ1n) is 5.17. The zero-order valence-electron chi connectivity index (χ0n) is 9.77. The number of nitriles is 1. The Morgan fingerprint density at radius 3 is 2.69 bits per heavy atom. The second-order valence-electron chi connectivity index (χ2n) is 4.07. The number of amides is 1. The summed E-state index contributed by atoms with van der Waals surface area (Å²) in [5, 5.41) is 8.62. The van der Waals surface area contributed by atoms with Crippen molar-refractivity contribution in [1.29, 1.82) is 5.26 Å². The van der Waals surface area contributed by atoms with Crippen LogP contribution in [0.25, 0.3) is 0 Å². The van der Waals surface area contributed by atoms with E-state index >= 15 is 0 Å². The second kappa shape index (κ2) is 5.26. The Balaban J connectivity index is 2.76. The van der Waals surface area contributed by atoms with E-state index in [4.69, 9.17) is 5.26 Å². The number of pyridine rings is 1. The molecule has 0 spiro atoms. The van der Waals surface area contributed by atoms with Gasteiger partial charge in [0, 0.05) is 19.7 Å². The predicted octanol–water partition coefficient (Wildman–Crippen LogP) is 1.96. The van der Waals surface area contributed by atoms with Crippen LogP contribution in [0.2, 0.25) is 0 Å². The molecule has 16 heavy (non-hydrogen) atoms. The fraction of sp³-hybridized carbons (Fsp3) is 0.417. The van der Waals surface area contributed by atoms with Gasteiger partial charge in [-0.15, -0.1) is 0 Å². The third kappa shape index (κ3) is 3.06. The largest absolute Gasteiger partial charge is 0.300 e. The molecule has 0 unspecified atom stereocenters. The van der Waals surface area contributed by atoms with E-state index in [0.717, 1.165) is 0 Å². The van der Waals surface area contributed by atoms with E-state index in [-0.39, 0.29) is 5.91 Å². The molecule has 0 aliphatic carbocycles. The van der Waals surface area contributed by atoms with Crippen LogP contribution in [-0.2, 0) is 4.79 Å². The standard InChI is InChI=1S/C12H15N3O/c1-9(2)6-12(16)15(3)11-5-4-10(7-13)8-14-11/h4-5,8-9H,6H2,1-3H3. The SMILES string of the molecule is CC(C)CC(=O)N(C)c1ccc(C#N)cn1. The van der Waals surface area contributed by atoms with Crippen molar-refractivity contribution in [1.82, 2.24) is 4.98 Å². The maximum Gasteiger partial charge on any atom is 0.228 e. The van der Waals surface area contributed by atoms with Gasteiger partial charge in [-0.2, -0.15) is 5.26 Å². The fourth-order valence-corrected chi connectivity index (χ4v) is 1.26. The second-order valence-corrected chi connectivity index (χ2v) is 4.07. The quantitative estimate of drug-likeness (QED) is 0.777. The van der Waals surface area contributed by atoms with Gasteiger partial charge in [-0.3, -0.25) is 9.69 Å². The molecule has 0 bridgehead atoms. The number of anilines is 1. The molecular formula is C12H15N3O. The molecule has 0 aromatic carbocycles. The number of carbonyl (C=O) groups is 1. The highest BCUT2D eigenvalue weighted by molar-refractivity contribution is 5.91. The molecule has 0 saturated heterocycles. The van der Waals surface area contributed by atoms with Crippen molar-refractivity contribution in [2.45, 2.75) is 20.3 Å². The van der Waals surface area contributed by atoms with Gasteiger partial charge in [0.1, 0.15) is 11.9 Å². The third-order valence-corrected chi connectivity index (χ3v) is 2.18. The highest BCUT2D eigenvalue weighted by Crippen LogP contribution is 2.12. The zero-order chi connectivity index (χ0) is 12.1. The minimum atomic E-state index is 0.0345. The van der Waals surface area contributed by atoms with Crippen LogP contribution >= 0.6 is 0 Å². The highest BCUT2D eigenvalue weighted by Gasteiger charge is 2.13. The van der Waals surface area contributed by atoms with Gasteiger partial charge in [-0.25, -0.2) is 4.98 Å². The lowest BCUT2D eigenvalue weighted by atomic mass is 10.1. The van der Waals surface area contributed by atoms with Gasteiger partial charge < -0.3 is 0 Å². The van der Waals surface area contributed by atoms with Crippen molar-refractivity contribution in [2.75, 3.05) is 11.9 Å². The van der Waals surface area contributed by atoms with Crippen LogP contribution < -0.4 is 4.90 Å². The topological polar surface area (TPSA) is 57.0 Å². The molecule has 1 heterocycles. The van der Waals surface area contributed by atoms with Crippen molar-refractivity contribution in [3.8, 4) is 6.07 Å². The van der Waals surface area contributed by atoms with Gasteiger partial charge in [0.2, 0.25) is 5.91 Å². The maximum absolute atomic E-state index is 11.7. The Hall–Kier alpha value is -1.89. The van der Waals surface area contributed by atoms with Crippen LogP contribution in [0.3, 0.4) is 0 Å². The van der Waals surface area contributed by atoms with Crippen LogP contribution in [0.5, 0.6) is 0 Å². The summed E-state index contributed by atoms with van der Waals surface area (Å²) in [6.07, 6.45) is 1.96. The lowest BCUT2D eigenvalue weighted by Gasteiger charge is -2.17. The molecule has 1 amide bonds. The van der Waals surface area contributed by atoms with Gasteiger partial charge in [0.25, 0.3) is 0 Å². The molecule has 0 radical (unpaired) electrons. The van der Waals surface area contributed by atoms with Crippen molar-refractivity contribution >= 4 is 11.7 Å². The summed E-state index contributed by atoms with van der Waals surface area (Å²) in [4.78, 5) is 17.3. The Labute approximate surface area is 95.5 Å². The van der Waals surface area contributed by atoms with E-state index in [1.807, 2.05) is 19.9 Å². The Morgan fingerprint density at radius 1 is 1.56 bits per heavy atom. The van der Waals surface area contributed by atoms with Crippen molar-refractivity contribution in [2.24, 2.45) is 5.92 Å². The molecule has 84 valence electrons. The monoisotopic (exact) mass is 217 g/mol. The Morgan fingerprint density at radius 2 is 2.25 bits per heavy atom. The average Bonchev–Trinajstić information content (AvgIpc) is 2.27. The number of nitrogens with zero attached hydrogens (tertiary/aromatic N) is 3. The van der Waals surface area contributed by atoms with E-state index in [1.165, 1.54) is 11.1 Å². The van der Waals surface area contributed by atoms with Gasteiger partial charge in [0.05, 0.1) is 5.56 Å². The molecule has 0 N–H and O–H groups in total. The van der Waals surface area contributed by atoms with E-state index < -0.39 is 0 Å². The summed E-state index contributed by atoms with van der Waals surface area (Å²) < 4.78 is 0. The number of carbonyl (C=O) groups excluding carboxylic acids is 1. The van der Waals surface area contributed by atoms with Gasteiger partial charge >= 0.3 is 0 Å². The van der Waals surface area contributed by atoms with Crippen molar-refractivity contribution < 1.29 is 4.79 Å². The van der Waals surface area contributed by atoms with E-state index in [2.05, 4.69) is 4.98 Å². The van der Waals surface area contributed by atoms with Gasteiger partial charge in [-0.05, 0) is 18.1 Å². The highest BCUT2D eigenvalue weighted by atomic mass is 16.2. The molecule has 0 aliphatic rings. The van der Waals surface area contributed by atoms with Crippen LogP contribution in [0, 0.1) is 17.2 Å². The molecule has 4 nitrogen and oxygen atoms in total. The number of rotatable bonds is 3. The normalized spacial score (nSPS) is 9.94. The molecule has 0 saturated carbocycles. The number of aromatic nitrogens is 1. The molecule has 0 fully saturated rings. The maximum atomic E-state index is 11.7. The zero-order valence-corrected chi connectivity index (χ0v) is 9.77. The molecule has 0 aliphatic heterocycles. The minimum absolute atomic E-state index is 0.0345. The molecule has 4 heteroatoms. The number of hydrogen-bond acceptors (Lipinski definition) is 3.